The van der Waals surface area contributed by atoms with Gasteiger partial charge in [-0.3, -0.25) is 0 Å². The lowest BCUT2D eigenvalue weighted by atomic mass is 10.0. The van der Waals surface area contributed by atoms with Gasteiger partial charge in [0.1, 0.15) is 0 Å². The van der Waals surface area contributed by atoms with Crippen LogP contribution in [0.3, 0.4) is 0 Å². The van der Waals surface area contributed by atoms with Crippen LogP contribution in [0, 0.1) is 0 Å². The lowest BCUT2D eigenvalue weighted by Gasteiger charge is -2.16. The maximum Gasteiger partial charge on any atom is 0.0858 e. The van der Waals surface area contributed by atoms with E-state index in [1.54, 1.807) is 7.11 Å². The molecule has 0 saturated carbocycles. The second-order valence-electron chi connectivity index (χ2n) is 3.80. The van der Waals surface area contributed by atoms with Crippen molar-refractivity contribution in [3.8, 4) is 0 Å². The fourth-order valence-corrected chi connectivity index (χ4v) is 1.73. The van der Waals surface area contributed by atoms with E-state index < -0.39 is 0 Å². The van der Waals surface area contributed by atoms with Crippen LogP contribution in [-0.4, -0.2) is 7.11 Å². The SMILES string of the molecule is CC/C=C(\C)CC(OC)c1ccccc1. The molecule has 0 bridgehead atoms. The summed E-state index contributed by atoms with van der Waals surface area (Å²) in [6, 6.07) is 10.4. The standard InChI is InChI=1S/C14H20O/c1-4-8-12(2)11-14(15-3)13-9-6-5-7-10-13/h5-10,14H,4,11H2,1-3H3/b12-8+. The summed E-state index contributed by atoms with van der Waals surface area (Å²) in [5, 5.41) is 0. The third-order valence-corrected chi connectivity index (χ3v) is 2.52. The molecule has 15 heavy (non-hydrogen) atoms. The third kappa shape index (κ3) is 3.88. The number of allylic oxidation sites excluding steroid dienone is 1. The molecule has 0 aliphatic rings. The van der Waals surface area contributed by atoms with Gasteiger partial charge in [0.15, 0.2) is 0 Å². The lowest BCUT2D eigenvalue weighted by Crippen LogP contribution is -2.01. The maximum absolute atomic E-state index is 5.51. The largest absolute Gasteiger partial charge is 0.376 e. The zero-order chi connectivity index (χ0) is 11.1. The number of hydrogen-bond acceptors (Lipinski definition) is 1. The predicted molar refractivity (Wildman–Crippen MR) is 64.9 cm³/mol. The summed E-state index contributed by atoms with van der Waals surface area (Å²) >= 11 is 0. The summed E-state index contributed by atoms with van der Waals surface area (Å²) in [5.74, 6) is 0. The van der Waals surface area contributed by atoms with E-state index in [1.807, 2.05) is 6.07 Å². The lowest BCUT2D eigenvalue weighted by molar-refractivity contribution is 0.103. The monoisotopic (exact) mass is 204 g/mol. The molecule has 1 atom stereocenters. The normalized spacial score (nSPS) is 13.9. The zero-order valence-corrected chi connectivity index (χ0v) is 9.86. The van der Waals surface area contributed by atoms with E-state index in [9.17, 15) is 0 Å². The van der Waals surface area contributed by atoms with Gasteiger partial charge in [-0.15, -0.1) is 0 Å². The first-order chi connectivity index (χ1) is 7.27. The molecule has 82 valence electrons. The second kappa shape index (κ2) is 6.41. The summed E-state index contributed by atoms with van der Waals surface area (Å²) in [5.41, 5.74) is 2.65. The molecule has 1 aromatic carbocycles. The van der Waals surface area contributed by atoms with Crippen LogP contribution >= 0.6 is 0 Å². The Morgan fingerprint density at radius 3 is 2.53 bits per heavy atom. The van der Waals surface area contributed by atoms with Gasteiger partial charge in [-0.1, -0.05) is 48.9 Å². The Morgan fingerprint density at radius 2 is 2.00 bits per heavy atom. The van der Waals surface area contributed by atoms with Crippen molar-refractivity contribution in [3.63, 3.8) is 0 Å². The van der Waals surface area contributed by atoms with E-state index in [4.69, 9.17) is 4.74 Å². The van der Waals surface area contributed by atoms with Crippen molar-refractivity contribution in [1.82, 2.24) is 0 Å². The van der Waals surface area contributed by atoms with Crippen LogP contribution < -0.4 is 0 Å². The van der Waals surface area contributed by atoms with Crippen LogP contribution in [0.4, 0.5) is 0 Å². The molecule has 1 heteroatoms. The van der Waals surface area contributed by atoms with Crippen molar-refractivity contribution >= 4 is 0 Å². The molecular weight excluding hydrogens is 184 g/mol. The van der Waals surface area contributed by atoms with Crippen LogP contribution in [0.25, 0.3) is 0 Å². The van der Waals surface area contributed by atoms with Crippen molar-refractivity contribution < 1.29 is 4.74 Å². The van der Waals surface area contributed by atoms with E-state index >= 15 is 0 Å². The summed E-state index contributed by atoms with van der Waals surface area (Å²) < 4.78 is 5.51. The minimum atomic E-state index is 0.189. The molecule has 0 saturated heterocycles. The third-order valence-electron chi connectivity index (χ3n) is 2.52. The maximum atomic E-state index is 5.51. The first kappa shape index (κ1) is 12.0. The van der Waals surface area contributed by atoms with Gasteiger partial charge in [0, 0.05) is 7.11 Å². The molecule has 1 unspecified atom stereocenters. The Bertz CT molecular complexity index is 300. The Kier molecular flexibility index (Phi) is 5.13. The molecule has 0 radical (unpaired) electrons. The van der Waals surface area contributed by atoms with Gasteiger partial charge in [-0.05, 0) is 25.3 Å². The van der Waals surface area contributed by atoms with E-state index in [-0.39, 0.29) is 6.10 Å². The molecule has 0 spiro atoms. The minimum absolute atomic E-state index is 0.189. The van der Waals surface area contributed by atoms with Crippen LogP contribution in [-0.2, 0) is 4.74 Å². The van der Waals surface area contributed by atoms with Gasteiger partial charge >= 0.3 is 0 Å². The molecule has 1 nitrogen and oxygen atoms in total. The number of benzene rings is 1. The van der Waals surface area contributed by atoms with Crippen molar-refractivity contribution in [3.05, 3.63) is 47.5 Å². The van der Waals surface area contributed by atoms with E-state index in [2.05, 4.69) is 44.2 Å². The first-order valence-electron chi connectivity index (χ1n) is 5.51. The average Bonchev–Trinajstić information content (AvgIpc) is 2.27. The van der Waals surface area contributed by atoms with Crippen LogP contribution in [0.15, 0.2) is 42.0 Å². The molecule has 0 aromatic heterocycles. The number of rotatable bonds is 5. The second-order valence-corrected chi connectivity index (χ2v) is 3.80. The summed E-state index contributed by atoms with van der Waals surface area (Å²) in [4.78, 5) is 0. The van der Waals surface area contributed by atoms with Crippen LogP contribution in [0.2, 0.25) is 0 Å². The van der Waals surface area contributed by atoms with Gasteiger partial charge in [-0.2, -0.15) is 0 Å². The van der Waals surface area contributed by atoms with E-state index in [0.717, 1.165) is 12.8 Å². The Balaban J connectivity index is 2.69. The Labute approximate surface area is 92.8 Å². The highest BCUT2D eigenvalue weighted by Gasteiger charge is 2.09. The number of hydrogen-bond donors (Lipinski definition) is 0. The van der Waals surface area contributed by atoms with Crippen molar-refractivity contribution in [1.29, 1.82) is 0 Å². The Hall–Kier alpha value is -1.08. The summed E-state index contributed by atoms with van der Waals surface area (Å²) in [7, 11) is 1.77. The topological polar surface area (TPSA) is 9.23 Å². The highest BCUT2D eigenvalue weighted by Crippen LogP contribution is 2.23. The molecule has 0 aliphatic carbocycles. The smallest absolute Gasteiger partial charge is 0.0858 e. The number of ether oxygens (including phenoxy) is 1. The highest BCUT2D eigenvalue weighted by atomic mass is 16.5. The van der Waals surface area contributed by atoms with Crippen LogP contribution in [0.5, 0.6) is 0 Å². The zero-order valence-electron chi connectivity index (χ0n) is 9.86. The molecule has 0 amide bonds. The van der Waals surface area contributed by atoms with Gasteiger partial charge in [0.05, 0.1) is 6.10 Å². The fourth-order valence-electron chi connectivity index (χ4n) is 1.73. The van der Waals surface area contributed by atoms with E-state index in [1.165, 1.54) is 11.1 Å². The molecule has 1 rings (SSSR count). The molecule has 0 N–H and O–H groups in total. The quantitative estimate of drug-likeness (QED) is 0.655. The minimum Gasteiger partial charge on any atom is -0.376 e. The van der Waals surface area contributed by atoms with Crippen molar-refractivity contribution in [2.75, 3.05) is 7.11 Å². The molecule has 0 heterocycles. The average molecular weight is 204 g/mol. The van der Waals surface area contributed by atoms with Crippen molar-refractivity contribution in [2.45, 2.75) is 32.8 Å². The molecule has 1 aromatic rings. The number of methoxy groups -OCH3 is 1. The predicted octanol–water partition coefficient (Wildman–Crippen LogP) is 4.12. The van der Waals surface area contributed by atoms with Crippen LogP contribution in [0.1, 0.15) is 38.4 Å². The highest BCUT2D eigenvalue weighted by molar-refractivity contribution is 5.19. The fraction of sp³-hybridized carbons (Fsp3) is 0.429. The van der Waals surface area contributed by atoms with E-state index in [0.29, 0.717) is 0 Å². The van der Waals surface area contributed by atoms with Gasteiger partial charge in [0.25, 0.3) is 0 Å². The Morgan fingerprint density at radius 1 is 1.33 bits per heavy atom. The van der Waals surface area contributed by atoms with Crippen molar-refractivity contribution in [2.24, 2.45) is 0 Å². The van der Waals surface area contributed by atoms with Gasteiger partial charge in [-0.25, -0.2) is 0 Å². The van der Waals surface area contributed by atoms with Gasteiger partial charge in [0.2, 0.25) is 0 Å². The molecular formula is C14H20O. The molecule has 0 aliphatic heterocycles. The first-order valence-corrected chi connectivity index (χ1v) is 5.51. The van der Waals surface area contributed by atoms with Gasteiger partial charge < -0.3 is 4.74 Å². The molecule has 0 fully saturated rings. The summed E-state index contributed by atoms with van der Waals surface area (Å²) in [6.45, 7) is 4.33. The summed E-state index contributed by atoms with van der Waals surface area (Å²) in [6.07, 6.45) is 4.52.